The summed E-state index contributed by atoms with van der Waals surface area (Å²) in [6.45, 7) is 7.86. The Labute approximate surface area is 151 Å². The molecule has 4 amide bonds. The Morgan fingerprint density at radius 1 is 1.27 bits per heavy atom. The molecule has 0 aliphatic carbocycles. The molecule has 1 saturated heterocycles. The summed E-state index contributed by atoms with van der Waals surface area (Å²) in [5.74, 6) is -0.199. The van der Waals surface area contributed by atoms with Crippen LogP contribution in [-0.2, 0) is 15.1 Å². The van der Waals surface area contributed by atoms with Crippen LogP contribution in [0.2, 0.25) is 0 Å². The smallest absolute Gasteiger partial charge is 0.325 e. The number of amides is 4. The number of benzene rings is 1. The normalized spacial score (nSPS) is 21.0. The van der Waals surface area contributed by atoms with Gasteiger partial charge in [-0.05, 0) is 6.07 Å². The molecule has 0 unspecified atom stereocenters. The van der Waals surface area contributed by atoms with Gasteiger partial charge < -0.3 is 15.0 Å². The first kappa shape index (κ1) is 17.7. The zero-order valence-corrected chi connectivity index (χ0v) is 14.4. The van der Waals surface area contributed by atoms with Crippen molar-refractivity contribution in [1.29, 1.82) is 0 Å². The summed E-state index contributed by atoms with van der Waals surface area (Å²) in [7, 11) is 0. The van der Waals surface area contributed by atoms with E-state index in [2.05, 4.69) is 18.5 Å². The maximum atomic E-state index is 13.1. The van der Waals surface area contributed by atoms with Crippen molar-refractivity contribution in [2.75, 3.05) is 26.2 Å². The second kappa shape index (κ2) is 7.03. The number of imide groups is 1. The minimum absolute atomic E-state index is 0.309. The molecular weight excluding hydrogens is 334 g/mol. The number of ether oxygens (including phenoxy) is 1. The topological polar surface area (TPSA) is 79.0 Å². The maximum Gasteiger partial charge on any atom is 0.325 e. The Kier molecular flexibility index (Phi) is 4.79. The number of carbonyl (C=O) groups is 3. The summed E-state index contributed by atoms with van der Waals surface area (Å²) in [6.07, 6.45) is 3.50. The molecule has 0 bridgehead atoms. The summed E-state index contributed by atoms with van der Waals surface area (Å²) >= 11 is 0. The predicted octanol–water partition coefficient (Wildman–Crippen LogP) is 1.42. The van der Waals surface area contributed by atoms with E-state index in [1.807, 2.05) is 6.07 Å². The van der Waals surface area contributed by atoms with Crippen LogP contribution in [0.5, 0.6) is 5.75 Å². The van der Waals surface area contributed by atoms with Crippen LogP contribution in [0.3, 0.4) is 0 Å². The largest absolute Gasteiger partial charge is 0.493 e. The van der Waals surface area contributed by atoms with Crippen LogP contribution in [0.15, 0.2) is 49.6 Å². The van der Waals surface area contributed by atoms with Gasteiger partial charge in [0.1, 0.15) is 12.3 Å². The summed E-state index contributed by atoms with van der Waals surface area (Å²) < 4.78 is 5.59. The van der Waals surface area contributed by atoms with Crippen molar-refractivity contribution < 1.29 is 19.1 Å². The van der Waals surface area contributed by atoms with Crippen LogP contribution in [0, 0.1) is 0 Å². The molecule has 1 fully saturated rings. The zero-order chi connectivity index (χ0) is 18.7. The van der Waals surface area contributed by atoms with Crippen LogP contribution < -0.4 is 10.1 Å². The van der Waals surface area contributed by atoms with E-state index in [0.29, 0.717) is 37.4 Å². The van der Waals surface area contributed by atoms with Gasteiger partial charge >= 0.3 is 6.03 Å². The monoisotopic (exact) mass is 355 g/mol. The third-order valence-corrected chi connectivity index (χ3v) is 4.60. The fraction of sp³-hybridized carbons (Fsp3) is 0.316. The highest BCUT2D eigenvalue weighted by atomic mass is 16.5. The van der Waals surface area contributed by atoms with Crippen molar-refractivity contribution in [3.05, 3.63) is 55.1 Å². The van der Waals surface area contributed by atoms with Gasteiger partial charge in [-0.15, -0.1) is 13.2 Å². The molecule has 2 aliphatic rings. The first-order chi connectivity index (χ1) is 12.5. The Balaban J connectivity index is 1.85. The summed E-state index contributed by atoms with van der Waals surface area (Å²) in [5, 5.41) is 2.78. The quantitative estimate of drug-likeness (QED) is 0.618. The average Bonchev–Trinajstić information content (AvgIpc) is 2.87. The van der Waals surface area contributed by atoms with Crippen molar-refractivity contribution >= 4 is 17.8 Å². The molecule has 1 spiro atoms. The van der Waals surface area contributed by atoms with E-state index < -0.39 is 17.5 Å². The molecule has 136 valence electrons. The first-order valence-corrected chi connectivity index (χ1v) is 8.39. The number of hydrogen-bond donors (Lipinski definition) is 1. The van der Waals surface area contributed by atoms with Gasteiger partial charge in [-0.25, -0.2) is 4.79 Å². The Bertz CT molecular complexity index is 766. The molecule has 1 atom stereocenters. The van der Waals surface area contributed by atoms with Crippen LogP contribution in [0.25, 0.3) is 0 Å². The Morgan fingerprint density at radius 2 is 1.96 bits per heavy atom. The zero-order valence-electron chi connectivity index (χ0n) is 14.4. The van der Waals surface area contributed by atoms with Crippen molar-refractivity contribution in [3.8, 4) is 5.75 Å². The molecule has 2 heterocycles. The van der Waals surface area contributed by atoms with Crippen LogP contribution in [0.1, 0.15) is 12.0 Å². The lowest BCUT2D eigenvalue weighted by Gasteiger charge is -2.33. The minimum atomic E-state index is -1.17. The number of rotatable bonds is 6. The minimum Gasteiger partial charge on any atom is -0.493 e. The molecule has 1 aromatic rings. The third-order valence-electron chi connectivity index (χ3n) is 4.60. The van der Waals surface area contributed by atoms with E-state index in [4.69, 9.17) is 4.74 Å². The van der Waals surface area contributed by atoms with E-state index in [9.17, 15) is 14.4 Å². The lowest BCUT2D eigenvalue weighted by Crippen LogP contribution is -2.48. The number of nitrogens with zero attached hydrogens (tertiary/aromatic N) is 2. The summed E-state index contributed by atoms with van der Waals surface area (Å²) in [5.41, 5.74) is -0.554. The molecular formula is C19H21N3O4. The van der Waals surface area contributed by atoms with Crippen LogP contribution in [0.4, 0.5) is 4.79 Å². The highest BCUT2D eigenvalue weighted by Crippen LogP contribution is 2.40. The van der Waals surface area contributed by atoms with E-state index >= 15 is 0 Å². The summed E-state index contributed by atoms with van der Waals surface area (Å²) in [6, 6.07) is 6.55. The summed E-state index contributed by atoms with van der Waals surface area (Å²) in [4.78, 5) is 40.6. The molecule has 26 heavy (non-hydrogen) atoms. The van der Waals surface area contributed by atoms with Gasteiger partial charge in [0, 0.05) is 25.1 Å². The molecule has 7 nitrogen and oxygen atoms in total. The highest BCUT2D eigenvalue weighted by Gasteiger charge is 2.55. The number of para-hydroxylation sites is 1. The molecule has 1 N–H and O–H groups in total. The van der Waals surface area contributed by atoms with Gasteiger partial charge in [0.2, 0.25) is 5.91 Å². The molecule has 2 aliphatic heterocycles. The lowest BCUT2D eigenvalue weighted by molar-refractivity contribution is -0.139. The number of fused-ring (bicyclic) bond motifs is 2. The van der Waals surface area contributed by atoms with Crippen molar-refractivity contribution in [2.45, 2.75) is 12.0 Å². The van der Waals surface area contributed by atoms with Gasteiger partial charge in [0.05, 0.1) is 6.61 Å². The number of hydrogen-bond acceptors (Lipinski definition) is 4. The predicted molar refractivity (Wildman–Crippen MR) is 95.5 cm³/mol. The van der Waals surface area contributed by atoms with Crippen LogP contribution >= 0.6 is 0 Å². The SMILES string of the molecule is C=CCN(CC=C)C(=O)CN1C(=O)N[C@]2(CCOc3ccccc32)C1=O. The fourth-order valence-corrected chi connectivity index (χ4v) is 3.34. The van der Waals surface area contributed by atoms with Crippen molar-refractivity contribution in [2.24, 2.45) is 0 Å². The Morgan fingerprint density at radius 3 is 2.65 bits per heavy atom. The molecule has 0 radical (unpaired) electrons. The maximum absolute atomic E-state index is 13.1. The van der Waals surface area contributed by atoms with Crippen LogP contribution in [-0.4, -0.2) is 53.9 Å². The van der Waals surface area contributed by atoms with E-state index in [1.54, 1.807) is 30.4 Å². The van der Waals surface area contributed by atoms with Crippen molar-refractivity contribution in [3.63, 3.8) is 0 Å². The van der Waals surface area contributed by atoms with E-state index in [-0.39, 0.29) is 12.5 Å². The molecule has 1 aromatic carbocycles. The van der Waals surface area contributed by atoms with Gasteiger partial charge in [-0.2, -0.15) is 0 Å². The average molecular weight is 355 g/mol. The number of urea groups is 1. The van der Waals surface area contributed by atoms with Gasteiger partial charge in [-0.1, -0.05) is 30.4 Å². The molecule has 0 saturated carbocycles. The number of nitrogens with one attached hydrogen (secondary N) is 1. The molecule has 0 aromatic heterocycles. The first-order valence-electron chi connectivity index (χ1n) is 8.39. The van der Waals surface area contributed by atoms with E-state index in [1.165, 1.54) is 4.90 Å². The molecule has 3 rings (SSSR count). The van der Waals surface area contributed by atoms with Crippen molar-refractivity contribution in [1.82, 2.24) is 15.1 Å². The Hall–Kier alpha value is -3.09. The highest BCUT2D eigenvalue weighted by molar-refractivity contribution is 6.09. The van der Waals surface area contributed by atoms with Gasteiger partial charge in [0.25, 0.3) is 5.91 Å². The number of carbonyl (C=O) groups excluding carboxylic acids is 3. The van der Waals surface area contributed by atoms with Gasteiger partial charge in [0.15, 0.2) is 5.54 Å². The van der Waals surface area contributed by atoms with E-state index in [0.717, 1.165) is 4.90 Å². The third kappa shape index (κ3) is 2.85. The second-order valence-corrected chi connectivity index (χ2v) is 6.20. The second-order valence-electron chi connectivity index (χ2n) is 6.20. The standard InChI is InChI=1S/C19H21N3O4/c1-3-10-21(11-4-2)16(23)13-22-17(24)19(20-18(22)25)9-12-26-15-8-6-5-7-14(15)19/h3-8H,1-2,9-13H2,(H,20,25)/t19-/m0/s1. The van der Waals surface area contributed by atoms with Gasteiger partial charge in [-0.3, -0.25) is 14.5 Å². The fourth-order valence-electron chi connectivity index (χ4n) is 3.34. The lowest BCUT2D eigenvalue weighted by atomic mass is 9.84. The molecule has 7 heteroatoms.